The van der Waals surface area contributed by atoms with E-state index < -0.39 is 23.3 Å². The molecule has 0 unspecified atom stereocenters. The molecule has 1 rings (SSSR count). The van der Waals surface area contributed by atoms with Gasteiger partial charge in [-0.1, -0.05) is 5.16 Å². The largest absolute Gasteiger partial charge is 0.437 e. The molecule has 0 aliphatic heterocycles. The van der Waals surface area contributed by atoms with E-state index in [0.29, 0.717) is 5.56 Å². The van der Waals surface area contributed by atoms with Gasteiger partial charge in [0.25, 0.3) is 0 Å². The van der Waals surface area contributed by atoms with Crippen LogP contribution in [0, 0.1) is 12.7 Å². The van der Waals surface area contributed by atoms with E-state index in [2.05, 4.69) is 21.1 Å². The molecule has 16 heavy (non-hydrogen) atoms. The molecule has 0 saturated heterocycles. The highest BCUT2D eigenvalue weighted by Crippen LogP contribution is 2.28. The first kappa shape index (κ1) is 13.0. The molecule has 0 amide bonds. The zero-order valence-electron chi connectivity index (χ0n) is 7.94. The normalized spacial score (nSPS) is 13.0. The Morgan fingerprint density at radius 3 is 2.38 bits per heavy atom. The summed E-state index contributed by atoms with van der Waals surface area (Å²) in [5.74, 6) is -1.12. The molecule has 0 aliphatic rings. The third kappa shape index (κ3) is 2.52. The molecule has 7 heteroatoms. The van der Waals surface area contributed by atoms with Gasteiger partial charge in [-0.2, -0.15) is 13.2 Å². The molecule has 0 aliphatic carbocycles. The summed E-state index contributed by atoms with van der Waals surface area (Å²) < 4.78 is 50.4. The van der Waals surface area contributed by atoms with Crippen LogP contribution in [0.3, 0.4) is 0 Å². The number of hydrogen-bond donors (Lipinski definition) is 1. The second-order valence-corrected chi connectivity index (χ2v) is 3.91. The van der Waals surface area contributed by atoms with Crippen molar-refractivity contribution in [3.63, 3.8) is 0 Å². The van der Waals surface area contributed by atoms with Crippen molar-refractivity contribution in [1.29, 1.82) is 0 Å². The Morgan fingerprint density at radius 2 is 1.94 bits per heavy atom. The number of aryl methyl sites for hydroxylation is 1. The maximum atomic E-state index is 13.4. The van der Waals surface area contributed by atoms with Crippen LogP contribution >= 0.6 is 15.9 Å². The minimum atomic E-state index is -4.91. The van der Waals surface area contributed by atoms with Crippen LogP contribution in [0.15, 0.2) is 21.8 Å². The molecule has 1 aromatic rings. The monoisotopic (exact) mass is 299 g/mol. The third-order valence-electron chi connectivity index (χ3n) is 1.80. The van der Waals surface area contributed by atoms with Gasteiger partial charge in [0.2, 0.25) is 0 Å². The van der Waals surface area contributed by atoms with E-state index in [-0.39, 0.29) is 4.47 Å². The Kier molecular flexibility index (Phi) is 3.57. The van der Waals surface area contributed by atoms with Crippen molar-refractivity contribution in [3.05, 3.63) is 33.5 Å². The molecule has 0 atom stereocenters. The second-order valence-electron chi connectivity index (χ2n) is 3.05. The number of rotatable bonds is 1. The summed E-state index contributed by atoms with van der Waals surface area (Å²) in [5.41, 5.74) is -2.04. The van der Waals surface area contributed by atoms with Crippen LogP contribution < -0.4 is 0 Å². The predicted molar refractivity (Wildman–Crippen MR) is 53.2 cm³/mol. The minimum Gasteiger partial charge on any atom is -0.410 e. The Balaban J connectivity index is 3.44. The summed E-state index contributed by atoms with van der Waals surface area (Å²) >= 11 is 2.78. The molecule has 0 saturated carbocycles. The fourth-order valence-corrected chi connectivity index (χ4v) is 1.73. The van der Waals surface area contributed by atoms with E-state index in [1.54, 1.807) is 0 Å². The molecule has 0 fully saturated rings. The molecule has 1 N–H and O–H groups in total. The van der Waals surface area contributed by atoms with E-state index in [9.17, 15) is 17.6 Å². The van der Waals surface area contributed by atoms with Gasteiger partial charge in [-0.05, 0) is 40.5 Å². The van der Waals surface area contributed by atoms with Gasteiger partial charge in [-0.3, -0.25) is 0 Å². The summed E-state index contributed by atoms with van der Waals surface area (Å²) in [6.07, 6.45) is -4.91. The molecule has 0 aromatic heterocycles. The minimum absolute atomic E-state index is 0.118. The topological polar surface area (TPSA) is 32.6 Å². The number of oxime groups is 1. The Bertz CT molecular complexity index is 442. The number of nitrogens with zero attached hydrogens (tertiary/aromatic N) is 1. The zero-order chi connectivity index (χ0) is 12.5. The number of benzene rings is 1. The van der Waals surface area contributed by atoms with Crippen LogP contribution in [0.1, 0.15) is 11.1 Å². The quantitative estimate of drug-likeness (QED) is 0.365. The van der Waals surface area contributed by atoms with Crippen LogP contribution in [0.4, 0.5) is 17.6 Å². The SMILES string of the molecule is Cc1cc(Br)c(F)c(/C(=N/O)C(F)(F)F)c1. The van der Waals surface area contributed by atoms with E-state index in [1.165, 1.54) is 13.0 Å². The predicted octanol–water partition coefficient (Wildman–Crippen LogP) is 3.64. The summed E-state index contributed by atoms with van der Waals surface area (Å²) in [6.45, 7) is 1.50. The maximum absolute atomic E-state index is 13.4. The molecule has 0 radical (unpaired) electrons. The summed E-state index contributed by atoms with van der Waals surface area (Å²) in [7, 11) is 0. The van der Waals surface area contributed by atoms with E-state index in [0.717, 1.165) is 6.07 Å². The fraction of sp³-hybridized carbons (Fsp3) is 0.222. The van der Waals surface area contributed by atoms with Crippen molar-refractivity contribution in [3.8, 4) is 0 Å². The average molecular weight is 300 g/mol. The zero-order valence-corrected chi connectivity index (χ0v) is 9.52. The van der Waals surface area contributed by atoms with Gasteiger partial charge in [0.1, 0.15) is 5.82 Å². The van der Waals surface area contributed by atoms with Gasteiger partial charge in [0, 0.05) is 5.56 Å². The van der Waals surface area contributed by atoms with Crippen LogP contribution in [0.2, 0.25) is 0 Å². The summed E-state index contributed by atoms with van der Waals surface area (Å²) in [5, 5.41) is 10.4. The lowest BCUT2D eigenvalue weighted by Crippen LogP contribution is -2.25. The smallest absolute Gasteiger partial charge is 0.410 e. The molecule has 0 heterocycles. The van der Waals surface area contributed by atoms with Crippen LogP contribution in [-0.2, 0) is 0 Å². The van der Waals surface area contributed by atoms with E-state index >= 15 is 0 Å². The Labute approximate surface area is 96.7 Å². The van der Waals surface area contributed by atoms with Gasteiger partial charge in [-0.15, -0.1) is 0 Å². The highest BCUT2D eigenvalue weighted by molar-refractivity contribution is 9.10. The van der Waals surface area contributed by atoms with Crippen LogP contribution in [0.25, 0.3) is 0 Å². The second kappa shape index (κ2) is 4.40. The van der Waals surface area contributed by atoms with E-state index in [4.69, 9.17) is 5.21 Å². The number of halogens is 5. The fourth-order valence-electron chi connectivity index (χ4n) is 1.16. The molecule has 0 spiro atoms. The molecule has 2 nitrogen and oxygen atoms in total. The first-order chi connectivity index (χ1) is 7.27. The molecule has 88 valence electrons. The first-order valence-corrected chi connectivity index (χ1v) is 4.82. The highest BCUT2D eigenvalue weighted by atomic mass is 79.9. The summed E-state index contributed by atoms with van der Waals surface area (Å²) in [6, 6.07) is 2.28. The molecule has 0 bridgehead atoms. The van der Waals surface area contributed by atoms with Crippen molar-refractivity contribution in [1.82, 2.24) is 0 Å². The van der Waals surface area contributed by atoms with Gasteiger partial charge in [-0.25, -0.2) is 4.39 Å². The van der Waals surface area contributed by atoms with Crippen molar-refractivity contribution >= 4 is 21.6 Å². The Morgan fingerprint density at radius 1 is 1.38 bits per heavy atom. The lowest BCUT2D eigenvalue weighted by molar-refractivity contribution is -0.0602. The molecule has 1 aromatic carbocycles. The number of alkyl halides is 3. The van der Waals surface area contributed by atoms with Gasteiger partial charge in [0.05, 0.1) is 4.47 Å². The molecular weight excluding hydrogens is 294 g/mol. The van der Waals surface area contributed by atoms with E-state index in [1.807, 2.05) is 0 Å². The number of hydrogen-bond acceptors (Lipinski definition) is 2. The lowest BCUT2D eigenvalue weighted by Gasteiger charge is -2.11. The Hall–Kier alpha value is -1.11. The highest BCUT2D eigenvalue weighted by Gasteiger charge is 2.39. The van der Waals surface area contributed by atoms with Gasteiger partial charge in [0.15, 0.2) is 5.71 Å². The summed E-state index contributed by atoms with van der Waals surface area (Å²) in [4.78, 5) is 0. The van der Waals surface area contributed by atoms with Gasteiger partial charge < -0.3 is 5.21 Å². The first-order valence-electron chi connectivity index (χ1n) is 4.02. The van der Waals surface area contributed by atoms with Crippen LogP contribution in [0.5, 0.6) is 0 Å². The third-order valence-corrected chi connectivity index (χ3v) is 2.37. The van der Waals surface area contributed by atoms with Crippen LogP contribution in [-0.4, -0.2) is 17.1 Å². The average Bonchev–Trinajstić information content (AvgIpc) is 2.11. The standard InChI is InChI=1S/C9H6BrF4NO/c1-4-2-5(7(11)6(10)3-4)8(15-16)9(12,13)14/h2-3,16H,1H3/b15-8-. The lowest BCUT2D eigenvalue weighted by atomic mass is 10.1. The maximum Gasteiger partial charge on any atom is 0.437 e. The van der Waals surface area contributed by atoms with Crippen molar-refractivity contribution < 1.29 is 22.8 Å². The van der Waals surface area contributed by atoms with Crippen molar-refractivity contribution in [2.75, 3.05) is 0 Å². The van der Waals surface area contributed by atoms with Gasteiger partial charge >= 0.3 is 6.18 Å². The molecular formula is C9H6BrF4NO. The van der Waals surface area contributed by atoms with Crippen molar-refractivity contribution in [2.24, 2.45) is 5.16 Å². The van der Waals surface area contributed by atoms with Crippen molar-refractivity contribution in [2.45, 2.75) is 13.1 Å².